The SMILES string of the molecule is O=C(c1cc2c(s1)-c1ccc(Cl)cc1SC2)N1CCCCCC1. The Morgan fingerprint density at radius 3 is 2.65 bits per heavy atom. The largest absolute Gasteiger partial charge is 0.338 e. The first-order valence-electron chi connectivity index (χ1n) is 8.07. The van der Waals surface area contributed by atoms with Crippen LogP contribution in [0.2, 0.25) is 5.02 Å². The average Bonchev–Trinajstić information content (AvgIpc) is 2.81. The summed E-state index contributed by atoms with van der Waals surface area (Å²) in [5.74, 6) is 1.14. The molecule has 2 aliphatic heterocycles. The van der Waals surface area contributed by atoms with Gasteiger partial charge in [0.05, 0.1) is 4.88 Å². The van der Waals surface area contributed by atoms with Crippen molar-refractivity contribution in [3.05, 3.63) is 39.7 Å². The smallest absolute Gasteiger partial charge is 0.263 e. The number of likely N-dealkylation sites (tertiary alicyclic amines) is 1. The van der Waals surface area contributed by atoms with Crippen LogP contribution in [0.4, 0.5) is 0 Å². The first-order chi connectivity index (χ1) is 11.2. The molecular formula is C18H18ClNOS2. The Hall–Kier alpha value is -0.970. The molecule has 120 valence electrons. The summed E-state index contributed by atoms with van der Waals surface area (Å²) in [5, 5.41) is 0.775. The molecule has 0 atom stereocenters. The number of rotatable bonds is 1. The van der Waals surface area contributed by atoms with E-state index in [-0.39, 0.29) is 5.91 Å². The first kappa shape index (κ1) is 15.6. The standard InChI is InChI=1S/C18H18ClNOS2/c19-13-5-6-14-15(10-13)22-11-12-9-16(23-17(12)14)18(21)20-7-3-1-2-4-8-20/h5-6,9-10H,1-4,7-8,11H2. The van der Waals surface area contributed by atoms with E-state index in [4.69, 9.17) is 11.6 Å². The van der Waals surface area contributed by atoms with Gasteiger partial charge in [-0.1, -0.05) is 30.5 Å². The van der Waals surface area contributed by atoms with Crippen molar-refractivity contribution in [2.24, 2.45) is 0 Å². The zero-order valence-electron chi connectivity index (χ0n) is 12.8. The summed E-state index contributed by atoms with van der Waals surface area (Å²) in [4.78, 5) is 18.2. The van der Waals surface area contributed by atoms with Gasteiger partial charge in [0.2, 0.25) is 0 Å². The quantitative estimate of drug-likeness (QED) is 0.648. The van der Waals surface area contributed by atoms with E-state index < -0.39 is 0 Å². The summed E-state index contributed by atoms with van der Waals surface area (Å²) in [6.45, 7) is 1.81. The predicted octanol–water partition coefficient (Wildman–Crippen LogP) is 5.69. The third kappa shape index (κ3) is 3.04. The number of thiophene rings is 1. The van der Waals surface area contributed by atoms with E-state index in [1.54, 1.807) is 23.1 Å². The zero-order valence-corrected chi connectivity index (χ0v) is 15.2. The van der Waals surface area contributed by atoms with Gasteiger partial charge in [0.25, 0.3) is 5.91 Å². The van der Waals surface area contributed by atoms with Crippen molar-refractivity contribution >= 4 is 40.6 Å². The molecule has 0 saturated carbocycles. The van der Waals surface area contributed by atoms with Gasteiger partial charge in [-0.05, 0) is 36.6 Å². The second-order valence-electron chi connectivity index (χ2n) is 6.10. The highest BCUT2D eigenvalue weighted by Gasteiger charge is 2.25. The van der Waals surface area contributed by atoms with E-state index >= 15 is 0 Å². The fourth-order valence-electron chi connectivity index (χ4n) is 3.26. The lowest BCUT2D eigenvalue weighted by atomic mass is 10.1. The molecule has 0 aliphatic carbocycles. The maximum absolute atomic E-state index is 12.8. The number of carbonyl (C=O) groups is 1. The van der Waals surface area contributed by atoms with Gasteiger partial charge in [0, 0.05) is 39.2 Å². The van der Waals surface area contributed by atoms with Crippen LogP contribution in [-0.2, 0) is 5.75 Å². The molecule has 2 aromatic rings. The van der Waals surface area contributed by atoms with Gasteiger partial charge in [-0.3, -0.25) is 4.79 Å². The van der Waals surface area contributed by atoms with Gasteiger partial charge in [-0.15, -0.1) is 23.1 Å². The molecule has 1 amide bonds. The van der Waals surface area contributed by atoms with Crippen LogP contribution in [0.15, 0.2) is 29.2 Å². The van der Waals surface area contributed by atoms with E-state index in [0.717, 1.165) is 41.6 Å². The molecule has 0 spiro atoms. The molecular weight excluding hydrogens is 346 g/mol. The van der Waals surface area contributed by atoms with E-state index in [1.807, 2.05) is 17.0 Å². The highest BCUT2D eigenvalue weighted by molar-refractivity contribution is 7.98. The van der Waals surface area contributed by atoms with Crippen LogP contribution in [0.1, 0.15) is 40.9 Å². The highest BCUT2D eigenvalue weighted by atomic mass is 35.5. The fraction of sp³-hybridized carbons (Fsp3) is 0.389. The summed E-state index contributed by atoms with van der Waals surface area (Å²) >= 11 is 9.56. The molecule has 2 nitrogen and oxygen atoms in total. The van der Waals surface area contributed by atoms with Crippen molar-refractivity contribution in [3.63, 3.8) is 0 Å². The number of benzene rings is 1. The topological polar surface area (TPSA) is 20.3 Å². The predicted molar refractivity (Wildman–Crippen MR) is 98.7 cm³/mol. The second kappa shape index (κ2) is 6.50. The Bertz CT molecular complexity index is 747. The summed E-state index contributed by atoms with van der Waals surface area (Å²) in [6.07, 6.45) is 4.76. The Labute approximate surface area is 149 Å². The van der Waals surface area contributed by atoms with Crippen molar-refractivity contribution in [3.8, 4) is 10.4 Å². The molecule has 3 heterocycles. The van der Waals surface area contributed by atoms with Gasteiger partial charge < -0.3 is 4.90 Å². The first-order valence-corrected chi connectivity index (χ1v) is 10.2. The minimum atomic E-state index is 0.215. The van der Waals surface area contributed by atoms with Gasteiger partial charge in [-0.2, -0.15) is 0 Å². The van der Waals surface area contributed by atoms with Crippen molar-refractivity contribution in [2.45, 2.75) is 36.3 Å². The van der Waals surface area contributed by atoms with Crippen LogP contribution >= 0.6 is 34.7 Å². The molecule has 23 heavy (non-hydrogen) atoms. The number of amides is 1. The van der Waals surface area contributed by atoms with Gasteiger partial charge in [-0.25, -0.2) is 0 Å². The lowest BCUT2D eigenvalue weighted by Gasteiger charge is -2.19. The molecule has 1 aromatic carbocycles. The number of thioether (sulfide) groups is 1. The third-order valence-electron chi connectivity index (χ3n) is 4.48. The molecule has 1 fully saturated rings. The number of hydrogen-bond acceptors (Lipinski definition) is 3. The summed E-state index contributed by atoms with van der Waals surface area (Å²) in [6, 6.07) is 8.16. The van der Waals surface area contributed by atoms with Crippen LogP contribution < -0.4 is 0 Å². The monoisotopic (exact) mass is 363 g/mol. The second-order valence-corrected chi connectivity index (χ2v) is 8.61. The number of carbonyl (C=O) groups excluding carboxylic acids is 1. The Morgan fingerprint density at radius 2 is 1.87 bits per heavy atom. The van der Waals surface area contributed by atoms with Crippen LogP contribution in [0.5, 0.6) is 0 Å². The summed E-state index contributed by atoms with van der Waals surface area (Å²) < 4.78 is 0. The van der Waals surface area contributed by atoms with E-state index in [9.17, 15) is 4.79 Å². The van der Waals surface area contributed by atoms with Crippen LogP contribution in [-0.4, -0.2) is 23.9 Å². The minimum Gasteiger partial charge on any atom is -0.338 e. The van der Waals surface area contributed by atoms with Gasteiger partial charge in [0.15, 0.2) is 0 Å². The minimum absolute atomic E-state index is 0.215. The van der Waals surface area contributed by atoms with Gasteiger partial charge in [0.1, 0.15) is 0 Å². The van der Waals surface area contributed by atoms with Crippen molar-refractivity contribution in [1.29, 1.82) is 0 Å². The number of fused-ring (bicyclic) bond motifs is 3. The molecule has 0 N–H and O–H groups in total. The average molecular weight is 364 g/mol. The molecule has 1 saturated heterocycles. The van der Waals surface area contributed by atoms with Crippen LogP contribution in [0.25, 0.3) is 10.4 Å². The number of nitrogens with zero attached hydrogens (tertiary/aromatic N) is 1. The number of hydrogen-bond donors (Lipinski definition) is 0. The lowest BCUT2D eigenvalue weighted by Crippen LogP contribution is -2.31. The lowest BCUT2D eigenvalue weighted by molar-refractivity contribution is 0.0766. The molecule has 0 unspecified atom stereocenters. The third-order valence-corrected chi connectivity index (χ3v) is 7.02. The van der Waals surface area contributed by atoms with Crippen LogP contribution in [0, 0.1) is 0 Å². The molecule has 5 heteroatoms. The Kier molecular flexibility index (Phi) is 4.39. The molecule has 4 rings (SSSR count). The van der Waals surface area contributed by atoms with Crippen molar-refractivity contribution in [2.75, 3.05) is 13.1 Å². The van der Waals surface area contributed by atoms with E-state index in [0.29, 0.717) is 0 Å². The summed E-state index contributed by atoms with van der Waals surface area (Å²) in [5.41, 5.74) is 2.51. The van der Waals surface area contributed by atoms with Gasteiger partial charge >= 0.3 is 0 Å². The normalized spacial score (nSPS) is 17.3. The fourth-order valence-corrected chi connectivity index (χ4v) is 5.91. The highest BCUT2D eigenvalue weighted by Crippen LogP contribution is 2.46. The molecule has 0 bridgehead atoms. The Balaban J connectivity index is 1.66. The zero-order chi connectivity index (χ0) is 15.8. The van der Waals surface area contributed by atoms with Crippen molar-refractivity contribution in [1.82, 2.24) is 4.90 Å². The maximum atomic E-state index is 12.8. The van der Waals surface area contributed by atoms with Crippen LogP contribution in [0.3, 0.4) is 0 Å². The summed E-state index contributed by atoms with van der Waals surface area (Å²) in [7, 11) is 0. The molecule has 2 aliphatic rings. The maximum Gasteiger partial charge on any atom is 0.263 e. The molecule has 1 aromatic heterocycles. The van der Waals surface area contributed by atoms with E-state index in [1.165, 1.54) is 33.7 Å². The van der Waals surface area contributed by atoms with Crippen molar-refractivity contribution < 1.29 is 4.79 Å². The molecule has 0 radical (unpaired) electrons. The van der Waals surface area contributed by atoms with E-state index in [2.05, 4.69) is 12.1 Å². The Morgan fingerprint density at radius 1 is 1.09 bits per heavy atom. The number of halogens is 1.